The van der Waals surface area contributed by atoms with Crippen LogP contribution in [-0.2, 0) is 13.0 Å². The summed E-state index contributed by atoms with van der Waals surface area (Å²) in [5, 5.41) is 11.0. The number of nitrogens with zero attached hydrogens (tertiary/aromatic N) is 4. The predicted octanol–water partition coefficient (Wildman–Crippen LogP) is 1.83. The van der Waals surface area contributed by atoms with E-state index in [1.165, 1.54) is 6.07 Å². The van der Waals surface area contributed by atoms with Gasteiger partial charge in [-0.3, -0.25) is 4.79 Å². The Kier molecular flexibility index (Phi) is 3.03. The summed E-state index contributed by atoms with van der Waals surface area (Å²) in [4.78, 5) is 18.3. The SMILES string of the molecule is O=C(c1ccc2cc(F)c(F)cc2n1)N1CCc2n[nH]nc2C1. The summed E-state index contributed by atoms with van der Waals surface area (Å²) in [6, 6.07) is 5.13. The smallest absolute Gasteiger partial charge is 0.272 e. The van der Waals surface area contributed by atoms with Gasteiger partial charge in [0.05, 0.1) is 17.8 Å². The van der Waals surface area contributed by atoms with Crippen molar-refractivity contribution in [2.45, 2.75) is 13.0 Å². The van der Waals surface area contributed by atoms with E-state index in [0.717, 1.165) is 23.5 Å². The molecule has 0 atom stereocenters. The zero-order valence-corrected chi connectivity index (χ0v) is 11.9. The standard InChI is InChI=1S/C15H11F2N5O/c16-9-5-8-1-2-12(18-13(8)6-10(9)17)15(23)22-4-3-11-14(7-22)20-21-19-11/h1-2,5-6H,3-4,7H2,(H,19,20,21). The van der Waals surface area contributed by atoms with E-state index in [4.69, 9.17) is 0 Å². The van der Waals surface area contributed by atoms with Crippen LogP contribution in [0.5, 0.6) is 0 Å². The van der Waals surface area contributed by atoms with Gasteiger partial charge < -0.3 is 4.90 Å². The molecule has 4 rings (SSSR count). The quantitative estimate of drug-likeness (QED) is 0.743. The number of amides is 1. The van der Waals surface area contributed by atoms with Crippen LogP contribution < -0.4 is 0 Å². The Morgan fingerprint density at radius 1 is 1.13 bits per heavy atom. The van der Waals surface area contributed by atoms with Crippen LogP contribution in [-0.4, -0.2) is 37.7 Å². The highest BCUT2D eigenvalue weighted by Crippen LogP contribution is 2.20. The Hall–Kier alpha value is -2.90. The molecule has 1 N–H and O–H groups in total. The van der Waals surface area contributed by atoms with Crippen LogP contribution in [0.1, 0.15) is 21.9 Å². The maximum atomic E-state index is 13.3. The summed E-state index contributed by atoms with van der Waals surface area (Å²) in [5.74, 6) is -2.20. The van der Waals surface area contributed by atoms with Crippen LogP contribution in [0, 0.1) is 11.6 Å². The molecule has 8 heteroatoms. The molecule has 0 spiro atoms. The Morgan fingerprint density at radius 3 is 2.78 bits per heavy atom. The third kappa shape index (κ3) is 2.32. The lowest BCUT2D eigenvalue weighted by atomic mass is 10.1. The van der Waals surface area contributed by atoms with Gasteiger partial charge in [0.25, 0.3) is 5.91 Å². The summed E-state index contributed by atoms with van der Waals surface area (Å²) >= 11 is 0. The molecule has 0 aliphatic carbocycles. The largest absolute Gasteiger partial charge is 0.331 e. The number of pyridine rings is 1. The van der Waals surface area contributed by atoms with Crippen molar-refractivity contribution in [2.24, 2.45) is 0 Å². The van der Waals surface area contributed by atoms with Gasteiger partial charge in [-0.15, -0.1) is 0 Å². The number of hydrogen-bond donors (Lipinski definition) is 1. The number of carbonyl (C=O) groups excluding carboxylic acids is 1. The molecule has 3 heterocycles. The number of carbonyl (C=O) groups is 1. The molecule has 1 aliphatic heterocycles. The summed E-state index contributed by atoms with van der Waals surface area (Å²) < 4.78 is 26.6. The third-order valence-corrected chi connectivity index (χ3v) is 3.90. The van der Waals surface area contributed by atoms with E-state index in [2.05, 4.69) is 20.4 Å². The minimum Gasteiger partial charge on any atom is -0.331 e. The van der Waals surface area contributed by atoms with Crippen molar-refractivity contribution in [3.63, 3.8) is 0 Å². The fourth-order valence-corrected chi connectivity index (χ4v) is 2.67. The van der Waals surface area contributed by atoms with Gasteiger partial charge in [-0.2, -0.15) is 15.4 Å². The van der Waals surface area contributed by atoms with Gasteiger partial charge in [-0.05, 0) is 12.1 Å². The van der Waals surface area contributed by atoms with Crippen LogP contribution in [0.25, 0.3) is 10.9 Å². The van der Waals surface area contributed by atoms with Crippen LogP contribution in [0.2, 0.25) is 0 Å². The van der Waals surface area contributed by atoms with Crippen LogP contribution in [0.4, 0.5) is 8.78 Å². The second-order valence-electron chi connectivity index (χ2n) is 5.35. The topological polar surface area (TPSA) is 74.8 Å². The van der Waals surface area contributed by atoms with E-state index >= 15 is 0 Å². The Balaban J connectivity index is 1.66. The molecular formula is C15H11F2N5O. The van der Waals surface area contributed by atoms with E-state index in [1.54, 1.807) is 11.0 Å². The second kappa shape index (κ2) is 5.08. The molecule has 23 heavy (non-hydrogen) atoms. The number of hydrogen-bond acceptors (Lipinski definition) is 4. The molecule has 0 saturated carbocycles. The van der Waals surface area contributed by atoms with Crippen LogP contribution in [0.3, 0.4) is 0 Å². The molecule has 6 nitrogen and oxygen atoms in total. The lowest BCUT2D eigenvalue weighted by Crippen LogP contribution is -2.36. The van der Waals surface area contributed by atoms with Gasteiger partial charge in [0, 0.05) is 24.4 Å². The highest BCUT2D eigenvalue weighted by molar-refractivity contribution is 5.95. The average Bonchev–Trinajstić information content (AvgIpc) is 3.02. The molecule has 3 aromatic rings. The van der Waals surface area contributed by atoms with Crippen molar-refractivity contribution in [1.29, 1.82) is 0 Å². The minimum atomic E-state index is -0.986. The monoisotopic (exact) mass is 315 g/mol. The normalized spacial score (nSPS) is 14.1. The van der Waals surface area contributed by atoms with Crippen molar-refractivity contribution in [1.82, 2.24) is 25.3 Å². The van der Waals surface area contributed by atoms with E-state index in [1.807, 2.05) is 0 Å². The summed E-state index contributed by atoms with van der Waals surface area (Å²) in [7, 11) is 0. The highest BCUT2D eigenvalue weighted by atomic mass is 19.2. The molecule has 0 saturated heterocycles. The first-order chi connectivity index (χ1) is 11.1. The van der Waals surface area contributed by atoms with Crippen molar-refractivity contribution >= 4 is 16.8 Å². The number of aromatic amines is 1. The van der Waals surface area contributed by atoms with E-state index < -0.39 is 11.6 Å². The van der Waals surface area contributed by atoms with Gasteiger partial charge in [-0.1, -0.05) is 6.07 Å². The molecule has 1 aliphatic rings. The predicted molar refractivity (Wildman–Crippen MR) is 76.5 cm³/mol. The molecule has 2 aromatic heterocycles. The van der Waals surface area contributed by atoms with Crippen molar-refractivity contribution in [3.8, 4) is 0 Å². The number of H-pyrrole nitrogens is 1. The molecular weight excluding hydrogens is 304 g/mol. The van der Waals surface area contributed by atoms with Crippen LogP contribution >= 0.6 is 0 Å². The molecule has 116 valence electrons. The number of halogens is 2. The van der Waals surface area contributed by atoms with Crippen molar-refractivity contribution in [2.75, 3.05) is 6.54 Å². The second-order valence-corrected chi connectivity index (χ2v) is 5.35. The van der Waals surface area contributed by atoms with Crippen molar-refractivity contribution < 1.29 is 13.6 Å². The molecule has 0 bridgehead atoms. The van der Waals surface area contributed by atoms with Gasteiger partial charge in [0.1, 0.15) is 11.4 Å². The maximum absolute atomic E-state index is 13.3. The molecule has 0 unspecified atom stereocenters. The number of benzene rings is 1. The van der Waals surface area contributed by atoms with Gasteiger partial charge in [-0.25, -0.2) is 13.8 Å². The zero-order valence-electron chi connectivity index (χ0n) is 11.9. The van der Waals surface area contributed by atoms with E-state index in [-0.39, 0.29) is 17.1 Å². The Labute approximate surface area is 129 Å². The average molecular weight is 315 g/mol. The summed E-state index contributed by atoms with van der Waals surface area (Å²) in [6.45, 7) is 0.859. The molecule has 0 fully saturated rings. The Bertz CT molecular complexity index is 923. The minimum absolute atomic E-state index is 0.190. The highest BCUT2D eigenvalue weighted by Gasteiger charge is 2.25. The maximum Gasteiger partial charge on any atom is 0.272 e. The van der Waals surface area contributed by atoms with Crippen molar-refractivity contribution in [3.05, 3.63) is 53.0 Å². The zero-order chi connectivity index (χ0) is 16.0. The van der Waals surface area contributed by atoms with E-state index in [0.29, 0.717) is 24.9 Å². The van der Waals surface area contributed by atoms with Gasteiger partial charge >= 0.3 is 0 Å². The third-order valence-electron chi connectivity index (χ3n) is 3.90. The first-order valence-corrected chi connectivity index (χ1v) is 7.05. The lowest BCUT2D eigenvalue weighted by molar-refractivity contribution is 0.0726. The first-order valence-electron chi connectivity index (χ1n) is 7.05. The molecule has 0 radical (unpaired) electrons. The van der Waals surface area contributed by atoms with Crippen LogP contribution in [0.15, 0.2) is 24.3 Å². The Morgan fingerprint density at radius 2 is 1.91 bits per heavy atom. The fraction of sp³-hybridized carbons (Fsp3) is 0.200. The van der Waals surface area contributed by atoms with Gasteiger partial charge in [0.2, 0.25) is 0 Å². The summed E-state index contributed by atoms with van der Waals surface area (Å²) in [6.07, 6.45) is 0.616. The summed E-state index contributed by atoms with van der Waals surface area (Å²) in [5.41, 5.74) is 2.03. The number of nitrogens with one attached hydrogen (secondary N) is 1. The first kappa shape index (κ1) is 13.7. The number of rotatable bonds is 1. The lowest BCUT2D eigenvalue weighted by Gasteiger charge is -2.25. The van der Waals surface area contributed by atoms with E-state index in [9.17, 15) is 13.6 Å². The van der Waals surface area contributed by atoms with Gasteiger partial charge in [0.15, 0.2) is 11.6 Å². The molecule has 1 aromatic carbocycles. The molecule has 1 amide bonds. The fourth-order valence-electron chi connectivity index (χ4n) is 2.67. The number of aromatic nitrogens is 4. The number of fused-ring (bicyclic) bond motifs is 2.